The van der Waals surface area contributed by atoms with Gasteiger partial charge >= 0.3 is 6.09 Å². The minimum Gasteiger partial charge on any atom is -0.489 e. The number of likely N-dealkylation sites (tertiary alicyclic amines) is 1. The summed E-state index contributed by atoms with van der Waals surface area (Å²) in [5, 5.41) is 13.2. The molecule has 1 aromatic heterocycles. The number of hydrogen-bond acceptors (Lipinski definition) is 7. The Morgan fingerprint density at radius 3 is 2.51 bits per heavy atom. The van der Waals surface area contributed by atoms with Crippen LogP contribution in [-0.2, 0) is 20.9 Å². The number of fused-ring (bicyclic) bond motifs is 1. The van der Waals surface area contributed by atoms with Crippen molar-refractivity contribution in [1.82, 2.24) is 15.4 Å². The molecule has 0 unspecified atom stereocenters. The Labute approximate surface area is 239 Å². The van der Waals surface area contributed by atoms with Crippen LogP contribution in [0.4, 0.5) is 10.5 Å². The van der Waals surface area contributed by atoms with E-state index in [0.29, 0.717) is 30.6 Å². The van der Waals surface area contributed by atoms with Crippen LogP contribution in [-0.4, -0.2) is 52.7 Å². The SMILES string of the molecule is Cc1cc(COc2ccc(NC(=O)[C@H]3CCN(C(=O)OCC4CCCC4)C[C@@H]3C(=O)NO)cc2)c2ccccc2n1. The lowest BCUT2D eigenvalue weighted by molar-refractivity contribution is -0.141. The molecule has 10 heteroatoms. The number of carbonyl (C=O) groups is 3. The van der Waals surface area contributed by atoms with Crippen LogP contribution in [0.2, 0.25) is 0 Å². The van der Waals surface area contributed by atoms with Crippen LogP contribution in [0.5, 0.6) is 5.75 Å². The molecule has 10 nitrogen and oxygen atoms in total. The fourth-order valence-electron chi connectivity index (χ4n) is 5.78. The molecule has 1 saturated carbocycles. The van der Waals surface area contributed by atoms with Gasteiger partial charge in [-0.15, -0.1) is 0 Å². The van der Waals surface area contributed by atoms with Crippen molar-refractivity contribution in [3.8, 4) is 5.75 Å². The highest BCUT2D eigenvalue weighted by atomic mass is 16.6. The minimum absolute atomic E-state index is 0.01000. The van der Waals surface area contributed by atoms with Crippen molar-refractivity contribution in [2.24, 2.45) is 17.8 Å². The number of nitrogens with zero attached hydrogens (tertiary/aromatic N) is 2. The van der Waals surface area contributed by atoms with Gasteiger partial charge in [-0.1, -0.05) is 31.0 Å². The van der Waals surface area contributed by atoms with Crippen LogP contribution in [0.3, 0.4) is 0 Å². The van der Waals surface area contributed by atoms with Gasteiger partial charge in [0, 0.05) is 35.4 Å². The summed E-state index contributed by atoms with van der Waals surface area (Å²) in [5.74, 6) is -1.67. The highest BCUT2D eigenvalue weighted by Gasteiger charge is 2.40. The van der Waals surface area contributed by atoms with Gasteiger partial charge in [-0.05, 0) is 68.5 Å². The lowest BCUT2D eigenvalue weighted by Gasteiger charge is -2.36. The largest absolute Gasteiger partial charge is 0.489 e. The fourth-order valence-corrected chi connectivity index (χ4v) is 5.78. The molecule has 1 aliphatic heterocycles. The van der Waals surface area contributed by atoms with Crippen molar-refractivity contribution in [1.29, 1.82) is 0 Å². The van der Waals surface area contributed by atoms with Crippen molar-refractivity contribution in [2.75, 3.05) is 25.0 Å². The summed E-state index contributed by atoms with van der Waals surface area (Å²) in [4.78, 5) is 44.3. The summed E-state index contributed by atoms with van der Waals surface area (Å²) in [5.41, 5.74) is 5.07. The molecule has 2 aliphatic rings. The zero-order valence-corrected chi connectivity index (χ0v) is 23.2. The van der Waals surface area contributed by atoms with E-state index in [1.54, 1.807) is 29.7 Å². The molecule has 2 fully saturated rings. The Morgan fingerprint density at radius 1 is 1.00 bits per heavy atom. The first-order chi connectivity index (χ1) is 19.9. The number of anilines is 1. The quantitative estimate of drug-likeness (QED) is 0.266. The number of ether oxygens (including phenoxy) is 2. The highest BCUT2D eigenvalue weighted by molar-refractivity contribution is 5.96. The molecule has 5 rings (SSSR count). The van der Waals surface area contributed by atoms with E-state index >= 15 is 0 Å². The number of nitrogens with one attached hydrogen (secondary N) is 2. The molecule has 2 atom stereocenters. The molecule has 3 amide bonds. The number of hydroxylamine groups is 1. The van der Waals surface area contributed by atoms with Gasteiger partial charge in [0.15, 0.2) is 0 Å². The maximum absolute atomic E-state index is 13.2. The average Bonchev–Trinajstić information content (AvgIpc) is 3.52. The molecule has 2 aromatic carbocycles. The molecule has 41 heavy (non-hydrogen) atoms. The molecule has 3 N–H and O–H groups in total. The van der Waals surface area contributed by atoms with Crippen LogP contribution < -0.4 is 15.5 Å². The third-order valence-corrected chi connectivity index (χ3v) is 8.02. The summed E-state index contributed by atoms with van der Waals surface area (Å²) in [7, 11) is 0. The van der Waals surface area contributed by atoms with E-state index in [9.17, 15) is 19.6 Å². The molecule has 216 valence electrons. The number of pyridine rings is 1. The maximum Gasteiger partial charge on any atom is 0.409 e. The van der Waals surface area contributed by atoms with E-state index in [2.05, 4.69) is 10.3 Å². The van der Waals surface area contributed by atoms with E-state index in [0.717, 1.165) is 47.8 Å². The summed E-state index contributed by atoms with van der Waals surface area (Å²) < 4.78 is 11.5. The predicted octanol–water partition coefficient (Wildman–Crippen LogP) is 4.83. The van der Waals surface area contributed by atoms with E-state index in [4.69, 9.17) is 9.47 Å². The van der Waals surface area contributed by atoms with Crippen LogP contribution >= 0.6 is 0 Å². The molecule has 3 aromatic rings. The molecule has 0 bridgehead atoms. The van der Waals surface area contributed by atoms with E-state index in [-0.39, 0.29) is 25.4 Å². The van der Waals surface area contributed by atoms with Gasteiger partial charge in [0.25, 0.3) is 0 Å². The van der Waals surface area contributed by atoms with Crippen molar-refractivity contribution in [2.45, 2.75) is 45.6 Å². The van der Waals surface area contributed by atoms with Crippen LogP contribution in [0.1, 0.15) is 43.4 Å². The number of piperidine rings is 1. The molecule has 0 radical (unpaired) electrons. The third kappa shape index (κ3) is 6.94. The molecule has 1 saturated heterocycles. The maximum atomic E-state index is 13.2. The molecular weight excluding hydrogens is 524 g/mol. The van der Waals surface area contributed by atoms with Crippen molar-refractivity contribution in [3.63, 3.8) is 0 Å². The molecule has 0 spiro atoms. The highest BCUT2D eigenvalue weighted by Crippen LogP contribution is 2.29. The Bertz CT molecular complexity index is 1390. The van der Waals surface area contributed by atoms with E-state index < -0.39 is 23.8 Å². The molecule has 1 aliphatic carbocycles. The summed E-state index contributed by atoms with van der Waals surface area (Å²) >= 11 is 0. The Morgan fingerprint density at radius 2 is 1.76 bits per heavy atom. The topological polar surface area (TPSA) is 130 Å². The zero-order chi connectivity index (χ0) is 28.8. The van der Waals surface area contributed by atoms with E-state index in [1.165, 1.54) is 4.90 Å². The number of amides is 3. The molecule has 2 heterocycles. The van der Waals surface area contributed by atoms with Gasteiger partial charge in [-0.2, -0.15) is 0 Å². The van der Waals surface area contributed by atoms with Crippen LogP contribution in [0.25, 0.3) is 10.9 Å². The fraction of sp³-hybridized carbons (Fsp3) is 0.419. The second kappa shape index (κ2) is 13.0. The number of aryl methyl sites for hydroxylation is 1. The summed E-state index contributed by atoms with van der Waals surface area (Å²) in [6, 6.07) is 17.0. The summed E-state index contributed by atoms with van der Waals surface area (Å²) in [6.07, 6.45) is 4.19. The average molecular weight is 561 g/mol. The third-order valence-electron chi connectivity index (χ3n) is 8.02. The molecular formula is C31H36N4O6. The first-order valence-electron chi connectivity index (χ1n) is 14.2. The smallest absolute Gasteiger partial charge is 0.409 e. The monoisotopic (exact) mass is 560 g/mol. The zero-order valence-electron chi connectivity index (χ0n) is 23.2. The van der Waals surface area contributed by atoms with E-state index in [1.807, 2.05) is 37.3 Å². The first kappa shape index (κ1) is 28.4. The normalized spacial score (nSPS) is 19.1. The van der Waals surface area contributed by atoms with Crippen molar-refractivity contribution < 1.29 is 29.1 Å². The standard InChI is InChI=1S/C31H36N4O6/c1-20-16-22(25-8-4-5-9-28(25)32-20)19-40-24-12-10-23(11-13-24)33-29(36)26-14-15-35(17-27(26)30(37)34-39)31(38)41-18-21-6-2-3-7-21/h4-5,8-13,16,21,26-27,39H,2-3,6-7,14-15,17-19H2,1H3,(H,33,36)(H,34,37)/t26-,27-/m0/s1. The van der Waals surface area contributed by atoms with Gasteiger partial charge < -0.3 is 19.7 Å². The first-order valence-corrected chi connectivity index (χ1v) is 14.2. The van der Waals surface area contributed by atoms with Gasteiger partial charge in [0.05, 0.1) is 24.0 Å². The van der Waals surface area contributed by atoms with Gasteiger partial charge in [0.1, 0.15) is 12.4 Å². The predicted molar refractivity (Wildman–Crippen MR) is 152 cm³/mol. The van der Waals surface area contributed by atoms with Crippen molar-refractivity contribution >= 4 is 34.5 Å². The lowest BCUT2D eigenvalue weighted by Crippen LogP contribution is -2.52. The number of para-hydroxylation sites is 1. The Kier molecular flexibility index (Phi) is 8.98. The van der Waals surface area contributed by atoms with Crippen LogP contribution in [0.15, 0.2) is 54.6 Å². The van der Waals surface area contributed by atoms with Crippen LogP contribution in [0, 0.1) is 24.7 Å². The number of hydrogen-bond donors (Lipinski definition) is 3. The number of carbonyl (C=O) groups excluding carboxylic acids is 3. The van der Waals surface area contributed by atoms with Gasteiger partial charge in [-0.25, -0.2) is 10.3 Å². The second-order valence-electron chi connectivity index (χ2n) is 10.9. The lowest BCUT2D eigenvalue weighted by atomic mass is 9.84. The number of aromatic nitrogens is 1. The second-order valence-corrected chi connectivity index (χ2v) is 10.9. The minimum atomic E-state index is -0.908. The number of benzene rings is 2. The number of rotatable bonds is 8. The Balaban J connectivity index is 1.17. The van der Waals surface area contributed by atoms with Crippen molar-refractivity contribution in [3.05, 3.63) is 65.9 Å². The summed E-state index contributed by atoms with van der Waals surface area (Å²) in [6.45, 7) is 2.97. The van der Waals surface area contributed by atoms with Gasteiger partial charge in [-0.3, -0.25) is 19.8 Å². The van der Waals surface area contributed by atoms with Gasteiger partial charge in [0.2, 0.25) is 11.8 Å². The Hall–Kier alpha value is -4.18.